The Morgan fingerprint density at radius 3 is 3.04 bits per heavy atom. The molecule has 126 valence electrons. The topological polar surface area (TPSA) is 102 Å². The first-order valence-corrected chi connectivity index (χ1v) is 8.77. The van der Waals surface area contributed by atoms with E-state index in [1.165, 1.54) is 11.3 Å². The summed E-state index contributed by atoms with van der Waals surface area (Å²) < 4.78 is 0. The Morgan fingerprint density at radius 2 is 2.33 bits per heavy atom. The third-order valence-corrected chi connectivity index (χ3v) is 5.67. The molecule has 1 aliphatic heterocycles. The SMILES string of the molecule is C[C@@H]1CCCC[C@@]12NC(=O)N(CC(=O)Nc1sccc1C#N)C2=O. The summed E-state index contributed by atoms with van der Waals surface area (Å²) in [6.45, 7) is 1.62. The Kier molecular flexibility index (Phi) is 4.28. The maximum Gasteiger partial charge on any atom is 0.325 e. The number of carbonyl (C=O) groups is 3. The standard InChI is InChI=1S/C16H18N4O3S/c1-10-4-2-3-6-16(10)14(22)20(15(23)19-16)9-12(21)18-13-11(8-17)5-7-24-13/h5,7,10H,2-4,6,9H2,1H3,(H,18,21)(H,19,23)/t10-,16-/m1/s1. The molecule has 1 aromatic rings. The lowest BCUT2D eigenvalue weighted by atomic mass is 9.73. The minimum Gasteiger partial charge on any atom is -0.323 e. The molecule has 2 N–H and O–H groups in total. The van der Waals surface area contributed by atoms with Gasteiger partial charge in [-0.25, -0.2) is 4.79 Å². The Bertz CT molecular complexity index is 738. The molecule has 0 aromatic carbocycles. The maximum absolute atomic E-state index is 12.8. The number of nitrogens with one attached hydrogen (secondary N) is 2. The Balaban J connectivity index is 1.71. The summed E-state index contributed by atoms with van der Waals surface area (Å²) in [4.78, 5) is 38.2. The molecular formula is C16H18N4O3S. The number of carbonyl (C=O) groups excluding carboxylic acids is 3. The molecule has 7 nitrogen and oxygen atoms in total. The zero-order chi connectivity index (χ0) is 17.3. The monoisotopic (exact) mass is 346 g/mol. The van der Waals surface area contributed by atoms with Gasteiger partial charge in [0.05, 0.1) is 5.56 Å². The van der Waals surface area contributed by atoms with Gasteiger partial charge in [-0.1, -0.05) is 19.8 Å². The van der Waals surface area contributed by atoms with E-state index in [-0.39, 0.29) is 18.4 Å². The first-order valence-electron chi connectivity index (χ1n) is 7.89. The van der Waals surface area contributed by atoms with Gasteiger partial charge >= 0.3 is 6.03 Å². The second kappa shape index (κ2) is 6.24. The van der Waals surface area contributed by atoms with E-state index in [1.54, 1.807) is 11.4 Å². The van der Waals surface area contributed by atoms with Gasteiger partial charge in [0.25, 0.3) is 5.91 Å². The van der Waals surface area contributed by atoms with Gasteiger partial charge in [-0.2, -0.15) is 5.26 Å². The van der Waals surface area contributed by atoms with Crippen LogP contribution in [0.5, 0.6) is 0 Å². The largest absolute Gasteiger partial charge is 0.325 e. The van der Waals surface area contributed by atoms with Crippen LogP contribution in [-0.2, 0) is 9.59 Å². The average Bonchev–Trinajstić information content (AvgIpc) is 3.09. The smallest absolute Gasteiger partial charge is 0.323 e. The third kappa shape index (κ3) is 2.65. The van der Waals surface area contributed by atoms with Crippen molar-refractivity contribution in [3.05, 3.63) is 17.0 Å². The minimum absolute atomic E-state index is 0.0539. The van der Waals surface area contributed by atoms with Gasteiger partial charge in [0.2, 0.25) is 5.91 Å². The molecule has 2 heterocycles. The van der Waals surface area contributed by atoms with Crippen LogP contribution in [0.3, 0.4) is 0 Å². The summed E-state index contributed by atoms with van der Waals surface area (Å²) in [6, 6.07) is 3.07. The van der Waals surface area contributed by atoms with Gasteiger partial charge < -0.3 is 10.6 Å². The number of amides is 4. The van der Waals surface area contributed by atoms with Crippen molar-refractivity contribution in [2.75, 3.05) is 11.9 Å². The summed E-state index contributed by atoms with van der Waals surface area (Å²) in [5, 5.41) is 16.5. The van der Waals surface area contributed by atoms with Gasteiger partial charge in [0.1, 0.15) is 23.2 Å². The van der Waals surface area contributed by atoms with Gasteiger partial charge in [0, 0.05) is 0 Å². The van der Waals surface area contributed by atoms with Crippen molar-refractivity contribution in [2.45, 2.75) is 38.1 Å². The molecule has 3 rings (SSSR count). The normalized spacial score (nSPS) is 26.3. The molecule has 1 saturated carbocycles. The number of imide groups is 1. The van der Waals surface area contributed by atoms with Crippen LogP contribution in [0.15, 0.2) is 11.4 Å². The average molecular weight is 346 g/mol. The van der Waals surface area contributed by atoms with Gasteiger partial charge in [-0.05, 0) is 30.2 Å². The van der Waals surface area contributed by atoms with E-state index < -0.39 is 17.5 Å². The van der Waals surface area contributed by atoms with Crippen molar-refractivity contribution >= 4 is 34.2 Å². The Labute approximate surface area is 143 Å². The second-order valence-electron chi connectivity index (χ2n) is 6.26. The van der Waals surface area contributed by atoms with Crippen molar-refractivity contribution in [3.8, 4) is 6.07 Å². The quantitative estimate of drug-likeness (QED) is 0.818. The van der Waals surface area contributed by atoms with Crippen molar-refractivity contribution < 1.29 is 14.4 Å². The molecule has 1 saturated heterocycles. The molecule has 2 atom stereocenters. The molecule has 1 aromatic heterocycles. The zero-order valence-corrected chi connectivity index (χ0v) is 14.1. The van der Waals surface area contributed by atoms with E-state index in [0.29, 0.717) is 17.0 Å². The van der Waals surface area contributed by atoms with E-state index >= 15 is 0 Å². The molecule has 1 aliphatic carbocycles. The highest BCUT2D eigenvalue weighted by Gasteiger charge is 2.55. The molecule has 8 heteroatoms. The van der Waals surface area contributed by atoms with E-state index in [0.717, 1.165) is 24.2 Å². The fourth-order valence-corrected chi connectivity index (χ4v) is 4.20. The first-order chi connectivity index (χ1) is 11.5. The van der Waals surface area contributed by atoms with Gasteiger partial charge in [-0.3, -0.25) is 14.5 Å². The van der Waals surface area contributed by atoms with Crippen LogP contribution in [0, 0.1) is 17.2 Å². The number of hydrogen-bond donors (Lipinski definition) is 2. The zero-order valence-electron chi connectivity index (χ0n) is 13.3. The predicted octanol–water partition coefficient (Wildman–Crippen LogP) is 2.06. The molecule has 4 amide bonds. The van der Waals surface area contributed by atoms with Crippen molar-refractivity contribution in [3.63, 3.8) is 0 Å². The number of urea groups is 1. The fraction of sp³-hybridized carbons (Fsp3) is 0.500. The van der Waals surface area contributed by atoms with Crippen LogP contribution in [0.25, 0.3) is 0 Å². The van der Waals surface area contributed by atoms with Gasteiger partial charge in [0.15, 0.2) is 0 Å². The molecule has 2 fully saturated rings. The minimum atomic E-state index is -0.865. The van der Waals surface area contributed by atoms with Crippen LogP contribution >= 0.6 is 11.3 Å². The number of rotatable bonds is 3. The lowest BCUT2D eigenvalue weighted by Gasteiger charge is -2.36. The molecule has 0 unspecified atom stereocenters. The highest BCUT2D eigenvalue weighted by Crippen LogP contribution is 2.38. The summed E-state index contributed by atoms with van der Waals surface area (Å²) in [5.74, 6) is -0.752. The van der Waals surface area contributed by atoms with Gasteiger partial charge in [-0.15, -0.1) is 11.3 Å². The lowest BCUT2D eigenvalue weighted by molar-refractivity contribution is -0.136. The predicted molar refractivity (Wildman–Crippen MR) is 88.3 cm³/mol. The number of hydrogen-bond acceptors (Lipinski definition) is 5. The van der Waals surface area contributed by atoms with Crippen molar-refractivity contribution in [1.82, 2.24) is 10.2 Å². The number of nitriles is 1. The summed E-state index contributed by atoms with van der Waals surface area (Å²) >= 11 is 1.23. The first kappa shape index (κ1) is 16.5. The fourth-order valence-electron chi connectivity index (χ4n) is 3.44. The van der Waals surface area contributed by atoms with Crippen LogP contribution in [-0.4, -0.2) is 34.8 Å². The molecular weight excluding hydrogens is 328 g/mol. The molecule has 2 aliphatic rings. The Hall–Kier alpha value is -2.40. The van der Waals surface area contributed by atoms with Crippen LogP contribution in [0.4, 0.5) is 9.80 Å². The van der Waals surface area contributed by atoms with Crippen LogP contribution < -0.4 is 10.6 Å². The van der Waals surface area contributed by atoms with E-state index in [4.69, 9.17) is 5.26 Å². The summed E-state index contributed by atoms with van der Waals surface area (Å²) in [7, 11) is 0. The van der Waals surface area contributed by atoms with E-state index in [1.807, 2.05) is 13.0 Å². The second-order valence-corrected chi connectivity index (χ2v) is 7.18. The van der Waals surface area contributed by atoms with Crippen LogP contribution in [0.2, 0.25) is 0 Å². The Morgan fingerprint density at radius 1 is 1.54 bits per heavy atom. The highest BCUT2D eigenvalue weighted by molar-refractivity contribution is 7.14. The number of thiophene rings is 1. The molecule has 24 heavy (non-hydrogen) atoms. The highest BCUT2D eigenvalue weighted by atomic mass is 32.1. The van der Waals surface area contributed by atoms with E-state index in [9.17, 15) is 14.4 Å². The maximum atomic E-state index is 12.8. The molecule has 0 bridgehead atoms. The number of anilines is 1. The number of nitrogens with zero attached hydrogens (tertiary/aromatic N) is 2. The van der Waals surface area contributed by atoms with Crippen molar-refractivity contribution in [2.24, 2.45) is 5.92 Å². The van der Waals surface area contributed by atoms with E-state index in [2.05, 4.69) is 10.6 Å². The lowest BCUT2D eigenvalue weighted by Crippen LogP contribution is -2.54. The van der Waals surface area contributed by atoms with Crippen LogP contribution in [0.1, 0.15) is 38.2 Å². The van der Waals surface area contributed by atoms with Crippen molar-refractivity contribution in [1.29, 1.82) is 5.26 Å². The summed E-state index contributed by atoms with van der Waals surface area (Å²) in [5.41, 5.74) is -0.501. The molecule has 0 radical (unpaired) electrons. The third-order valence-electron chi connectivity index (χ3n) is 4.84. The summed E-state index contributed by atoms with van der Waals surface area (Å²) in [6.07, 6.45) is 3.42. The molecule has 1 spiro atoms.